The minimum atomic E-state index is 0. The van der Waals surface area contributed by atoms with E-state index in [2.05, 4.69) is 0 Å². The molecule has 0 rings (SSSR count). The zero-order valence-corrected chi connectivity index (χ0v) is 8.22. The summed E-state index contributed by atoms with van der Waals surface area (Å²) in [5.41, 5.74) is 0. The molecule has 0 nitrogen and oxygen atoms in total. The fourth-order valence-corrected chi connectivity index (χ4v) is 0. The predicted octanol–water partition coefficient (Wildman–Crippen LogP) is -18.4. The first kappa shape index (κ1) is 155. The van der Waals surface area contributed by atoms with Crippen LogP contribution in [-0.4, -0.2) is 10.1 Å². The van der Waals surface area contributed by atoms with E-state index in [1.165, 1.54) is 0 Å². The maximum absolute atomic E-state index is 0. The third-order valence-corrected chi connectivity index (χ3v) is 0. The van der Waals surface area contributed by atoms with E-state index in [1.54, 1.807) is 0 Å². The minimum Gasteiger partial charge on any atom is -1.00 e. The summed E-state index contributed by atoms with van der Waals surface area (Å²) in [7, 11) is 0. The second kappa shape index (κ2) is 105. The second-order valence-corrected chi connectivity index (χ2v) is 0. The van der Waals surface area contributed by atoms with Gasteiger partial charge in [-0.2, -0.15) is 0 Å². The zero-order chi connectivity index (χ0) is 0. The molecule has 0 spiro atoms. The van der Waals surface area contributed by atoms with E-state index in [0.29, 0.717) is 0 Å². The van der Waals surface area contributed by atoms with Crippen LogP contribution >= 0.6 is 0 Å². The molecule has 0 aromatic carbocycles. The van der Waals surface area contributed by atoms with E-state index in [0.717, 1.165) is 0 Å². The van der Waals surface area contributed by atoms with Crippen molar-refractivity contribution in [3.8, 4) is 0 Å². The van der Waals surface area contributed by atoms with E-state index in [4.69, 9.17) is 0 Å². The average Bonchev–Trinajstić information content (AvgIpc) is 0. The van der Waals surface area contributed by atoms with Gasteiger partial charge >= 0.3 is 69.2 Å². The van der Waals surface area contributed by atoms with E-state index in [1.807, 2.05) is 0 Å². The summed E-state index contributed by atoms with van der Waals surface area (Å²) in [6, 6.07) is 0. The Morgan fingerprint density at radius 2 is 0.429 bits per heavy atom. The van der Waals surface area contributed by atoms with Crippen LogP contribution in [0.5, 0.6) is 0 Å². The van der Waals surface area contributed by atoms with Crippen LogP contribution in [-0.2, 0) is 0 Å². The molecule has 0 aromatic heterocycles. The zero-order valence-electron chi connectivity index (χ0n) is 4.22. The molecule has 0 bridgehead atoms. The molecule has 0 aliphatic heterocycles. The summed E-state index contributed by atoms with van der Waals surface area (Å²) in [4.78, 5) is 0. The van der Waals surface area contributed by atoms with Gasteiger partial charge < -0.3 is 18.8 Å². The van der Waals surface area contributed by atoms with Gasteiger partial charge in [0.1, 0.15) is 0 Å². The molecule has 0 aliphatic rings. The maximum Gasteiger partial charge on any atom is 2.00 e. The molecule has 0 saturated heterocycles. The molecular formula is BeF4Na2. The molecule has 0 N–H and O–H groups in total. The molecule has 0 heterocycles. The monoisotopic (exact) mass is 131 g/mol. The smallest absolute Gasteiger partial charge is 1.00 e. The van der Waals surface area contributed by atoms with Gasteiger partial charge in [-0.05, 0) is 0 Å². The molecule has 7 heteroatoms. The van der Waals surface area contributed by atoms with Crippen LogP contribution in [0.15, 0.2) is 0 Å². The van der Waals surface area contributed by atoms with Gasteiger partial charge in [0.15, 0.2) is 0 Å². The first-order valence-electron chi connectivity index (χ1n) is 0. The normalized spacial score (nSPS) is 0. The van der Waals surface area contributed by atoms with Gasteiger partial charge in [-0.3, -0.25) is 0 Å². The third-order valence-electron chi connectivity index (χ3n) is 0. The average molecular weight is 131 g/mol. The van der Waals surface area contributed by atoms with Crippen LogP contribution in [0.25, 0.3) is 0 Å². The Morgan fingerprint density at radius 3 is 0.429 bits per heavy atom. The summed E-state index contributed by atoms with van der Waals surface area (Å²) in [5, 5.41) is 0. The Kier molecular flexibility index (Phi) is 2320. The molecule has 0 amide bonds. The Balaban J connectivity index is 0. The van der Waals surface area contributed by atoms with Gasteiger partial charge in [-0.1, -0.05) is 0 Å². The largest absolute Gasteiger partial charge is 2.00 e. The third kappa shape index (κ3) is 76.7. The molecule has 32 valence electrons. The van der Waals surface area contributed by atoms with E-state index < -0.39 is 0 Å². The van der Waals surface area contributed by atoms with Crippen LogP contribution in [0.4, 0.5) is 0 Å². The summed E-state index contributed by atoms with van der Waals surface area (Å²) < 4.78 is 0. The maximum atomic E-state index is 0. The van der Waals surface area contributed by atoms with Crippen molar-refractivity contribution in [3.05, 3.63) is 0 Å². The molecule has 0 unspecified atom stereocenters. The van der Waals surface area contributed by atoms with Crippen molar-refractivity contribution < 1.29 is 77.9 Å². The summed E-state index contributed by atoms with van der Waals surface area (Å²) in [6.07, 6.45) is 0. The predicted molar refractivity (Wildman–Crippen MR) is 5.75 cm³/mol. The number of hydrogen-bond donors (Lipinski definition) is 0. The van der Waals surface area contributed by atoms with Crippen molar-refractivity contribution in [2.75, 3.05) is 0 Å². The Bertz CT molecular complexity index is 9.65. The van der Waals surface area contributed by atoms with Gasteiger partial charge in [0.05, 0.1) is 0 Å². The summed E-state index contributed by atoms with van der Waals surface area (Å²) in [5.74, 6) is 0. The van der Waals surface area contributed by atoms with Crippen LogP contribution < -0.4 is 77.9 Å². The van der Waals surface area contributed by atoms with Crippen molar-refractivity contribution in [1.82, 2.24) is 0 Å². The van der Waals surface area contributed by atoms with Gasteiger partial charge in [0.25, 0.3) is 0 Å². The fourth-order valence-electron chi connectivity index (χ4n) is 0. The van der Waals surface area contributed by atoms with Crippen molar-refractivity contribution in [3.63, 3.8) is 0 Å². The molecule has 0 radical (unpaired) electrons. The summed E-state index contributed by atoms with van der Waals surface area (Å²) in [6.45, 7) is 0. The molecule has 0 fully saturated rings. The van der Waals surface area contributed by atoms with Crippen molar-refractivity contribution in [1.29, 1.82) is 0 Å². The minimum absolute atomic E-state index is 0. The van der Waals surface area contributed by atoms with Crippen molar-refractivity contribution in [2.45, 2.75) is 0 Å². The Morgan fingerprint density at radius 1 is 0.429 bits per heavy atom. The van der Waals surface area contributed by atoms with Crippen LogP contribution in [0.2, 0.25) is 0 Å². The van der Waals surface area contributed by atoms with Crippen LogP contribution in [0, 0.1) is 0 Å². The van der Waals surface area contributed by atoms with Crippen LogP contribution in [0.3, 0.4) is 0 Å². The van der Waals surface area contributed by atoms with Gasteiger partial charge in [-0.25, -0.2) is 0 Å². The molecule has 0 aromatic rings. The second-order valence-electron chi connectivity index (χ2n) is 0. The van der Waals surface area contributed by atoms with Crippen molar-refractivity contribution in [2.24, 2.45) is 0 Å². The van der Waals surface area contributed by atoms with Crippen LogP contribution in [0.1, 0.15) is 0 Å². The number of halogens is 4. The van der Waals surface area contributed by atoms with E-state index >= 15 is 0 Å². The molecule has 0 aliphatic carbocycles. The van der Waals surface area contributed by atoms with E-state index in [-0.39, 0.29) is 88.1 Å². The molecule has 0 saturated carbocycles. The molecule has 7 heavy (non-hydrogen) atoms. The van der Waals surface area contributed by atoms with Crippen molar-refractivity contribution >= 4 is 10.1 Å². The number of hydrogen-bond acceptors (Lipinski definition) is 0. The molecular weight excluding hydrogens is 131 g/mol. The first-order chi connectivity index (χ1) is 0. The quantitative estimate of drug-likeness (QED) is 0.226. The molecule has 0 atom stereocenters. The topological polar surface area (TPSA) is 0 Å². The van der Waals surface area contributed by atoms with Gasteiger partial charge in [0, 0.05) is 0 Å². The first-order valence-corrected chi connectivity index (χ1v) is 0. The fraction of sp³-hybridized carbons (Fsp3) is 0. The number of rotatable bonds is 0. The van der Waals surface area contributed by atoms with Gasteiger partial charge in [-0.15, -0.1) is 0 Å². The Hall–Kier alpha value is 1.89. The van der Waals surface area contributed by atoms with Gasteiger partial charge in [0.2, 0.25) is 0 Å². The SMILES string of the molecule is [Be+2].[F-].[F-].[F-].[F-].[Na+].[Na+]. The van der Waals surface area contributed by atoms with E-state index in [9.17, 15) is 0 Å². The Labute approximate surface area is 87.1 Å². The standard InChI is InChI=1S/Be.4FH.2Na/h;4*1H;;/q+2;;;;;2*+1/p-4. The summed E-state index contributed by atoms with van der Waals surface area (Å²) >= 11 is 0.